The van der Waals surface area contributed by atoms with Crippen molar-refractivity contribution >= 4 is 33.9 Å². The van der Waals surface area contributed by atoms with Gasteiger partial charge in [0.15, 0.2) is 5.16 Å². The molecule has 7 heteroatoms. The first-order valence-corrected chi connectivity index (χ1v) is 10.9. The molecule has 1 atom stereocenters. The lowest BCUT2D eigenvalue weighted by Crippen LogP contribution is -2.20. The second-order valence-corrected chi connectivity index (χ2v) is 8.52. The highest BCUT2D eigenvalue weighted by Gasteiger charge is 2.13. The number of fused-ring (bicyclic) bond motifs is 1. The zero-order valence-corrected chi connectivity index (χ0v) is 17.1. The molecule has 0 aliphatic heterocycles. The summed E-state index contributed by atoms with van der Waals surface area (Å²) in [5, 5.41) is 24.0. The number of rotatable bonds is 8. The Hall–Kier alpha value is -2.35. The summed E-state index contributed by atoms with van der Waals surface area (Å²) in [6.07, 6.45) is 0.184. The summed E-state index contributed by atoms with van der Waals surface area (Å²) in [5.41, 5.74) is 0. The molecular weight excluding hydrogens is 390 g/mol. The Morgan fingerprint density at radius 3 is 2.79 bits per heavy atom. The van der Waals surface area contributed by atoms with Gasteiger partial charge < -0.3 is 14.4 Å². The molecule has 0 radical (unpaired) electrons. The van der Waals surface area contributed by atoms with Crippen LogP contribution in [0, 0.1) is 0 Å². The second-order valence-electron chi connectivity index (χ2n) is 6.50. The third-order valence-corrected chi connectivity index (χ3v) is 6.45. The van der Waals surface area contributed by atoms with Crippen LogP contribution in [-0.2, 0) is 13.5 Å². The number of nitrogens with zero attached hydrogens (tertiary/aromatic N) is 3. The van der Waals surface area contributed by atoms with Gasteiger partial charge in [0.1, 0.15) is 18.2 Å². The lowest BCUT2D eigenvalue weighted by molar-refractivity contribution is 0.126. The van der Waals surface area contributed by atoms with Crippen molar-refractivity contribution < 1.29 is 9.84 Å². The molecule has 4 rings (SSSR count). The van der Waals surface area contributed by atoms with Crippen molar-refractivity contribution in [3.8, 4) is 5.75 Å². The predicted molar refractivity (Wildman–Crippen MR) is 114 cm³/mol. The summed E-state index contributed by atoms with van der Waals surface area (Å²) in [5.74, 6) is 2.19. The van der Waals surface area contributed by atoms with Crippen LogP contribution in [0.5, 0.6) is 5.75 Å². The number of thioether (sulfide) groups is 1. The minimum absolute atomic E-state index is 0.241. The van der Waals surface area contributed by atoms with Crippen molar-refractivity contribution in [2.75, 3.05) is 12.4 Å². The number of aromatic nitrogens is 3. The molecule has 1 N–H and O–H groups in total. The predicted octanol–water partition coefficient (Wildman–Crippen LogP) is 4.15. The Labute approximate surface area is 172 Å². The van der Waals surface area contributed by atoms with E-state index in [-0.39, 0.29) is 6.61 Å². The fourth-order valence-electron chi connectivity index (χ4n) is 2.86. The summed E-state index contributed by atoms with van der Waals surface area (Å²) < 4.78 is 7.75. The molecule has 144 valence electrons. The van der Waals surface area contributed by atoms with Crippen LogP contribution in [-0.4, -0.2) is 38.3 Å². The number of hydrogen-bond donors (Lipinski definition) is 1. The van der Waals surface area contributed by atoms with Crippen LogP contribution < -0.4 is 4.74 Å². The monoisotopic (exact) mass is 411 g/mol. The van der Waals surface area contributed by atoms with Crippen LogP contribution >= 0.6 is 23.1 Å². The third kappa shape index (κ3) is 4.55. The van der Waals surface area contributed by atoms with E-state index < -0.39 is 6.10 Å². The highest BCUT2D eigenvalue weighted by atomic mass is 32.2. The molecule has 1 unspecified atom stereocenters. The van der Waals surface area contributed by atoms with Gasteiger partial charge in [-0.2, -0.15) is 0 Å². The fraction of sp³-hybridized carbons (Fsp3) is 0.238. The van der Waals surface area contributed by atoms with E-state index in [0.717, 1.165) is 28.5 Å². The molecule has 0 fully saturated rings. The van der Waals surface area contributed by atoms with E-state index in [9.17, 15) is 5.11 Å². The van der Waals surface area contributed by atoms with E-state index in [4.69, 9.17) is 4.74 Å². The third-order valence-electron chi connectivity index (χ3n) is 4.41. The van der Waals surface area contributed by atoms with Crippen LogP contribution in [0.4, 0.5) is 0 Å². The van der Waals surface area contributed by atoms with E-state index in [0.29, 0.717) is 5.75 Å². The maximum Gasteiger partial charge on any atom is 0.191 e. The Morgan fingerprint density at radius 2 is 1.96 bits per heavy atom. The Morgan fingerprint density at radius 1 is 1.11 bits per heavy atom. The van der Waals surface area contributed by atoms with Crippen molar-refractivity contribution in [2.45, 2.75) is 17.7 Å². The van der Waals surface area contributed by atoms with E-state index in [1.165, 1.54) is 22.0 Å². The Balaban J connectivity index is 1.29. The van der Waals surface area contributed by atoms with Gasteiger partial charge in [0.25, 0.3) is 0 Å². The first-order valence-electron chi connectivity index (χ1n) is 9.02. The Bertz CT molecular complexity index is 1050. The molecule has 0 saturated heterocycles. The van der Waals surface area contributed by atoms with E-state index in [1.54, 1.807) is 11.3 Å². The number of benzene rings is 2. The van der Waals surface area contributed by atoms with Crippen molar-refractivity contribution in [2.24, 2.45) is 7.05 Å². The second kappa shape index (κ2) is 8.77. The topological polar surface area (TPSA) is 60.2 Å². The SMILES string of the molecule is Cn1c(Cc2cccs2)nnc1SCC(O)COc1ccc2ccccc2c1. The molecule has 2 aromatic carbocycles. The molecule has 2 aromatic heterocycles. The molecule has 4 aromatic rings. The van der Waals surface area contributed by atoms with Gasteiger partial charge in [-0.15, -0.1) is 21.5 Å². The lowest BCUT2D eigenvalue weighted by Gasteiger charge is -2.12. The van der Waals surface area contributed by atoms with Gasteiger partial charge in [0.2, 0.25) is 0 Å². The molecule has 0 saturated carbocycles. The standard InChI is InChI=1S/C21H21N3O2S2/c1-24-20(12-19-7-4-10-27-19)22-23-21(24)28-14-17(25)13-26-18-9-8-15-5-2-3-6-16(15)11-18/h2-11,17,25H,12-14H2,1H3. The molecule has 28 heavy (non-hydrogen) atoms. The molecule has 0 aliphatic carbocycles. The minimum Gasteiger partial charge on any atom is -0.491 e. The van der Waals surface area contributed by atoms with Crippen LogP contribution in [0.15, 0.2) is 65.1 Å². The molecule has 0 amide bonds. The lowest BCUT2D eigenvalue weighted by atomic mass is 10.1. The molecular formula is C21H21N3O2S2. The molecule has 0 spiro atoms. The van der Waals surface area contributed by atoms with E-state index in [2.05, 4.69) is 33.8 Å². The van der Waals surface area contributed by atoms with Gasteiger partial charge in [-0.3, -0.25) is 0 Å². The molecule has 2 heterocycles. The van der Waals surface area contributed by atoms with Crippen molar-refractivity contribution in [1.29, 1.82) is 0 Å². The molecule has 0 bridgehead atoms. The summed E-state index contributed by atoms with van der Waals surface area (Å²) in [7, 11) is 1.96. The average molecular weight is 412 g/mol. The average Bonchev–Trinajstić information content (AvgIpc) is 3.35. The first kappa shape index (κ1) is 19.0. The quantitative estimate of drug-likeness (QED) is 0.441. The van der Waals surface area contributed by atoms with E-state index >= 15 is 0 Å². The number of aliphatic hydroxyl groups excluding tert-OH is 1. The fourth-order valence-corrected chi connectivity index (χ4v) is 4.40. The van der Waals surface area contributed by atoms with Crippen LogP contribution in [0.2, 0.25) is 0 Å². The zero-order valence-electron chi connectivity index (χ0n) is 15.5. The normalized spacial score (nSPS) is 12.4. The molecule has 5 nitrogen and oxygen atoms in total. The van der Waals surface area contributed by atoms with Crippen molar-refractivity contribution in [3.05, 3.63) is 70.7 Å². The largest absolute Gasteiger partial charge is 0.491 e. The number of hydrogen-bond acceptors (Lipinski definition) is 6. The maximum absolute atomic E-state index is 10.3. The van der Waals surface area contributed by atoms with Crippen LogP contribution in [0.25, 0.3) is 10.8 Å². The number of aliphatic hydroxyl groups is 1. The van der Waals surface area contributed by atoms with Gasteiger partial charge >= 0.3 is 0 Å². The Kier molecular flexibility index (Phi) is 5.95. The van der Waals surface area contributed by atoms with Crippen LogP contribution in [0.1, 0.15) is 10.7 Å². The summed E-state index contributed by atoms with van der Waals surface area (Å²) in [6.45, 7) is 0.241. The van der Waals surface area contributed by atoms with Crippen molar-refractivity contribution in [1.82, 2.24) is 14.8 Å². The van der Waals surface area contributed by atoms with E-state index in [1.807, 2.05) is 48.0 Å². The summed E-state index contributed by atoms with van der Waals surface area (Å²) in [4.78, 5) is 1.26. The molecule has 0 aliphatic rings. The zero-order chi connectivity index (χ0) is 19.3. The highest BCUT2D eigenvalue weighted by Crippen LogP contribution is 2.22. The van der Waals surface area contributed by atoms with Gasteiger partial charge in [-0.25, -0.2) is 0 Å². The first-order chi connectivity index (χ1) is 13.7. The van der Waals surface area contributed by atoms with Gasteiger partial charge in [-0.05, 0) is 34.4 Å². The number of ether oxygens (including phenoxy) is 1. The van der Waals surface area contributed by atoms with Gasteiger partial charge in [-0.1, -0.05) is 48.2 Å². The van der Waals surface area contributed by atoms with Gasteiger partial charge in [0.05, 0.1) is 6.10 Å². The minimum atomic E-state index is -0.589. The summed E-state index contributed by atoms with van der Waals surface area (Å²) in [6, 6.07) is 18.2. The summed E-state index contributed by atoms with van der Waals surface area (Å²) >= 11 is 3.20. The van der Waals surface area contributed by atoms with Crippen molar-refractivity contribution in [3.63, 3.8) is 0 Å². The highest BCUT2D eigenvalue weighted by molar-refractivity contribution is 7.99. The van der Waals surface area contributed by atoms with Gasteiger partial charge in [0, 0.05) is 24.1 Å². The number of thiophene rings is 1. The maximum atomic E-state index is 10.3. The van der Waals surface area contributed by atoms with Crippen LogP contribution in [0.3, 0.4) is 0 Å². The smallest absolute Gasteiger partial charge is 0.191 e.